The Morgan fingerprint density at radius 2 is 2.11 bits per heavy atom. The Bertz CT molecular complexity index is 868. The zero-order chi connectivity index (χ0) is 19.5. The number of benzene rings is 1. The molecule has 2 saturated heterocycles. The SMILES string of the molecule is Cc1cccc(CNC(=O)C2CCCN(c3nnc(N4CCCC4=O)s3)C2)c1. The summed E-state index contributed by atoms with van der Waals surface area (Å²) in [5.74, 6) is 0.153. The van der Waals surface area contributed by atoms with Crippen LogP contribution in [0.3, 0.4) is 0 Å². The third-order valence-corrected chi connectivity index (χ3v) is 6.33. The number of rotatable bonds is 5. The van der Waals surface area contributed by atoms with Crippen LogP contribution < -0.4 is 15.1 Å². The maximum absolute atomic E-state index is 12.7. The highest BCUT2D eigenvalue weighted by atomic mass is 32.1. The topological polar surface area (TPSA) is 78.4 Å². The Balaban J connectivity index is 1.35. The quantitative estimate of drug-likeness (QED) is 0.836. The number of amides is 2. The van der Waals surface area contributed by atoms with Crippen molar-refractivity contribution in [2.24, 2.45) is 5.92 Å². The lowest BCUT2D eigenvalue weighted by atomic mass is 9.97. The van der Waals surface area contributed by atoms with Crippen molar-refractivity contribution in [2.45, 2.75) is 39.2 Å². The molecule has 2 amide bonds. The van der Waals surface area contributed by atoms with Gasteiger partial charge in [0.15, 0.2) is 0 Å². The summed E-state index contributed by atoms with van der Waals surface area (Å²) in [4.78, 5) is 28.4. The van der Waals surface area contributed by atoms with Crippen LogP contribution in [0.5, 0.6) is 0 Å². The van der Waals surface area contributed by atoms with E-state index in [-0.39, 0.29) is 17.7 Å². The molecule has 0 spiro atoms. The second kappa shape index (κ2) is 8.26. The number of anilines is 2. The maximum Gasteiger partial charge on any atom is 0.228 e. The third kappa shape index (κ3) is 4.16. The molecule has 3 heterocycles. The van der Waals surface area contributed by atoms with Gasteiger partial charge in [-0.3, -0.25) is 14.5 Å². The van der Waals surface area contributed by atoms with Crippen LogP contribution in [0, 0.1) is 12.8 Å². The van der Waals surface area contributed by atoms with Crippen LogP contribution in [0.4, 0.5) is 10.3 Å². The molecule has 0 aliphatic carbocycles. The molecule has 148 valence electrons. The van der Waals surface area contributed by atoms with Crippen molar-refractivity contribution in [3.63, 3.8) is 0 Å². The normalized spacial score (nSPS) is 19.9. The number of carbonyl (C=O) groups is 2. The summed E-state index contributed by atoms with van der Waals surface area (Å²) in [5, 5.41) is 13.0. The summed E-state index contributed by atoms with van der Waals surface area (Å²) >= 11 is 1.44. The fourth-order valence-corrected chi connectivity index (χ4v) is 4.74. The van der Waals surface area contributed by atoms with Gasteiger partial charge in [0.2, 0.25) is 22.1 Å². The largest absolute Gasteiger partial charge is 0.352 e. The number of hydrogen-bond acceptors (Lipinski definition) is 6. The summed E-state index contributed by atoms with van der Waals surface area (Å²) in [6, 6.07) is 8.19. The number of hydrogen-bond donors (Lipinski definition) is 1. The molecule has 0 bridgehead atoms. The van der Waals surface area contributed by atoms with Gasteiger partial charge in [-0.1, -0.05) is 41.2 Å². The van der Waals surface area contributed by atoms with E-state index in [0.29, 0.717) is 24.6 Å². The molecule has 28 heavy (non-hydrogen) atoms. The summed E-state index contributed by atoms with van der Waals surface area (Å²) in [7, 11) is 0. The summed E-state index contributed by atoms with van der Waals surface area (Å²) in [6.07, 6.45) is 3.29. The maximum atomic E-state index is 12.7. The predicted molar refractivity (Wildman–Crippen MR) is 109 cm³/mol. The van der Waals surface area contributed by atoms with Crippen molar-refractivity contribution in [1.82, 2.24) is 15.5 Å². The Morgan fingerprint density at radius 1 is 1.25 bits per heavy atom. The highest BCUT2D eigenvalue weighted by Crippen LogP contribution is 2.32. The number of nitrogens with one attached hydrogen (secondary N) is 1. The summed E-state index contributed by atoms with van der Waals surface area (Å²) in [5.41, 5.74) is 2.31. The van der Waals surface area contributed by atoms with E-state index in [1.54, 1.807) is 4.90 Å². The van der Waals surface area contributed by atoms with E-state index < -0.39 is 0 Å². The van der Waals surface area contributed by atoms with Gasteiger partial charge in [0.05, 0.1) is 5.92 Å². The number of carbonyl (C=O) groups excluding carboxylic acids is 2. The molecule has 1 atom stereocenters. The van der Waals surface area contributed by atoms with Crippen molar-refractivity contribution in [2.75, 3.05) is 29.4 Å². The average molecular weight is 400 g/mol. The first-order valence-corrected chi connectivity index (χ1v) is 10.6. The molecule has 2 aliphatic rings. The van der Waals surface area contributed by atoms with Crippen molar-refractivity contribution >= 4 is 33.4 Å². The Kier molecular flexibility index (Phi) is 5.57. The van der Waals surface area contributed by atoms with Gasteiger partial charge in [0.1, 0.15) is 0 Å². The molecule has 2 aliphatic heterocycles. The Labute approximate surface area is 168 Å². The zero-order valence-corrected chi connectivity index (χ0v) is 16.9. The Hall–Kier alpha value is -2.48. The fourth-order valence-electron chi connectivity index (χ4n) is 3.82. The van der Waals surface area contributed by atoms with Crippen LogP contribution in [-0.2, 0) is 16.1 Å². The van der Waals surface area contributed by atoms with E-state index in [9.17, 15) is 9.59 Å². The highest BCUT2D eigenvalue weighted by Gasteiger charge is 2.29. The smallest absolute Gasteiger partial charge is 0.228 e. The van der Waals surface area contributed by atoms with Gasteiger partial charge >= 0.3 is 0 Å². The number of aryl methyl sites for hydroxylation is 1. The van der Waals surface area contributed by atoms with Crippen LogP contribution in [0.1, 0.15) is 36.8 Å². The van der Waals surface area contributed by atoms with Gasteiger partial charge in [-0.15, -0.1) is 10.2 Å². The lowest BCUT2D eigenvalue weighted by molar-refractivity contribution is -0.125. The second-order valence-corrected chi connectivity index (χ2v) is 8.44. The molecule has 1 unspecified atom stereocenters. The molecule has 2 aromatic rings. The second-order valence-electron chi connectivity index (χ2n) is 7.51. The molecule has 4 rings (SSSR count). The minimum absolute atomic E-state index is 0.0562. The number of aromatic nitrogens is 2. The van der Waals surface area contributed by atoms with Gasteiger partial charge in [-0.25, -0.2) is 0 Å². The van der Waals surface area contributed by atoms with Gasteiger partial charge in [-0.2, -0.15) is 0 Å². The molecule has 2 fully saturated rings. The van der Waals surface area contributed by atoms with Gasteiger partial charge in [0.25, 0.3) is 0 Å². The van der Waals surface area contributed by atoms with Gasteiger partial charge in [0, 0.05) is 32.6 Å². The molecule has 8 heteroatoms. The molecule has 1 aromatic heterocycles. The third-order valence-electron chi connectivity index (χ3n) is 5.32. The van der Waals surface area contributed by atoms with Crippen molar-refractivity contribution in [3.8, 4) is 0 Å². The summed E-state index contributed by atoms with van der Waals surface area (Å²) < 4.78 is 0. The Morgan fingerprint density at radius 3 is 2.89 bits per heavy atom. The van der Waals surface area contributed by atoms with Crippen LogP contribution >= 0.6 is 11.3 Å². The first-order valence-electron chi connectivity index (χ1n) is 9.82. The van der Waals surface area contributed by atoms with E-state index in [2.05, 4.69) is 39.5 Å². The van der Waals surface area contributed by atoms with E-state index in [1.807, 2.05) is 12.1 Å². The number of piperidine rings is 1. The minimum atomic E-state index is -0.0562. The average Bonchev–Trinajstić information content (AvgIpc) is 3.35. The van der Waals surface area contributed by atoms with Gasteiger partial charge < -0.3 is 10.2 Å². The van der Waals surface area contributed by atoms with Crippen LogP contribution in [0.2, 0.25) is 0 Å². The molecular formula is C20H25N5O2S. The van der Waals surface area contributed by atoms with Gasteiger partial charge in [-0.05, 0) is 31.7 Å². The van der Waals surface area contributed by atoms with E-state index in [4.69, 9.17) is 0 Å². The fraction of sp³-hybridized carbons (Fsp3) is 0.500. The van der Waals surface area contributed by atoms with Crippen molar-refractivity contribution < 1.29 is 9.59 Å². The first-order chi connectivity index (χ1) is 13.6. The summed E-state index contributed by atoms with van der Waals surface area (Å²) in [6.45, 7) is 4.83. The molecule has 0 saturated carbocycles. The molecular weight excluding hydrogens is 374 g/mol. The van der Waals surface area contributed by atoms with Crippen LogP contribution in [0.25, 0.3) is 0 Å². The van der Waals surface area contributed by atoms with Crippen molar-refractivity contribution in [3.05, 3.63) is 35.4 Å². The standard InChI is InChI=1S/C20H25N5O2S/c1-14-5-2-6-15(11-14)12-21-18(27)16-7-3-9-24(13-16)19-22-23-20(28-19)25-10-4-8-17(25)26/h2,5-6,11,16H,3-4,7-10,12-13H2,1H3,(H,21,27). The molecule has 0 radical (unpaired) electrons. The predicted octanol–water partition coefficient (Wildman–Crippen LogP) is 2.51. The minimum Gasteiger partial charge on any atom is -0.352 e. The first kappa shape index (κ1) is 18.9. The van der Waals surface area contributed by atoms with E-state index >= 15 is 0 Å². The lowest BCUT2D eigenvalue weighted by Gasteiger charge is -2.31. The number of nitrogens with zero attached hydrogens (tertiary/aromatic N) is 4. The van der Waals surface area contributed by atoms with Crippen LogP contribution in [-0.4, -0.2) is 41.6 Å². The van der Waals surface area contributed by atoms with E-state index in [1.165, 1.54) is 16.9 Å². The molecule has 1 aromatic carbocycles. The monoisotopic (exact) mass is 399 g/mol. The zero-order valence-electron chi connectivity index (χ0n) is 16.1. The molecule has 1 N–H and O–H groups in total. The van der Waals surface area contributed by atoms with Crippen LogP contribution in [0.15, 0.2) is 24.3 Å². The molecule has 7 nitrogen and oxygen atoms in total. The lowest BCUT2D eigenvalue weighted by Crippen LogP contribution is -2.43. The van der Waals surface area contributed by atoms with E-state index in [0.717, 1.165) is 43.0 Å². The highest BCUT2D eigenvalue weighted by molar-refractivity contribution is 7.19. The van der Waals surface area contributed by atoms with Crippen molar-refractivity contribution in [1.29, 1.82) is 0 Å².